The van der Waals surface area contributed by atoms with Gasteiger partial charge in [0.15, 0.2) is 5.54 Å². The van der Waals surface area contributed by atoms with E-state index in [0.717, 1.165) is 5.56 Å². The normalized spacial score (nSPS) is 26.2. The van der Waals surface area contributed by atoms with Crippen LogP contribution in [0.5, 0.6) is 11.5 Å². The van der Waals surface area contributed by atoms with Crippen LogP contribution in [0.3, 0.4) is 0 Å². The number of benzene rings is 1. The molecule has 4 aliphatic heterocycles. The zero-order valence-corrected chi connectivity index (χ0v) is 20.0. The summed E-state index contributed by atoms with van der Waals surface area (Å²) in [5.41, 5.74) is 0.251. The Labute approximate surface area is 211 Å². The summed E-state index contributed by atoms with van der Waals surface area (Å²) < 4.78 is 11.4. The molecule has 2 fully saturated rings. The molecule has 0 spiro atoms. The molecule has 4 aliphatic rings. The average Bonchev–Trinajstić information content (AvgIpc) is 3.63. The Morgan fingerprint density at radius 3 is 2.78 bits per heavy atom. The highest BCUT2D eigenvalue weighted by molar-refractivity contribution is 6.08. The molecule has 1 aromatic heterocycles. The van der Waals surface area contributed by atoms with Gasteiger partial charge in [0.25, 0.3) is 11.8 Å². The van der Waals surface area contributed by atoms with Gasteiger partial charge in [-0.05, 0) is 36.2 Å². The van der Waals surface area contributed by atoms with E-state index < -0.39 is 23.6 Å². The van der Waals surface area contributed by atoms with Crippen LogP contribution in [0.2, 0.25) is 0 Å². The molecule has 3 N–H and O–H groups in total. The monoisotopic (exact) mass is 507 g/mol. The molecule has 5 amide bonds. The quantitative estimate of drug-likeness (QED) is 0.467. The minimum absolute atomic E-state index is 0.108. The number of fused-ring (bicyclic) bond motifs is 2. The molecule has 5 heterocycles. The van der Waals surface area contributed by atoms with E-state index in [2.05, 4.69) is 15.6 Å². The number of nitrogens with zero attached hydrogens (tertiary/aromatic N) is 3. The Hall–Kier alpha value is -4.19. The predicted molar refractivity (Wildman–Crippen MR) is 127 cm³/mol. The highest BCUT2D eigenvalue weighted by Gasteiger charge is 2.57. The molecule has 2 saturated heterocycles. The number of rotatable bonds is 6. The summed E-state index contributed by atoms with van der Waals surface area (Å²) in [6, 6.07) is 7.52. The van der Waals surface area contributed by atoms with Crippen molar-refractivity contribution in [1.29, 1.82) is 0 Å². The van der Waals surface area contributed by atoms with Gasteiger partial charge >= 0.3 is 6.03 Å². The van der Waals surface area contributed by atoms with Crippen LogP contribution < -0.4 is 25.0 Å². The smallest absolute Gasteiger partial charge is 0.322 e. The van der Waals surface area contributed by atoms with E-state index >= 15 is 0 Å². The molecule has 0 saturated carbocycles. The Morgan fingerprint density at radius 1 is 1.22 bits per heavy atom. The fraction of sp³-hybridized carbons (Fsp3) is 0.400. The largest absolute Gasteiger partial charge is 0.497 e. The molecule has 1 aromatic carbocycles. The lowest BCUT2D eigenvalue weighted by Crippen LogP contribution is -2.64. The van der Waals surface area contributed by atoms with Gasteiger partial charge in [0.05, 0.1) is 32.0 Å². The third-order valence-electron chi connectivity index (χ3n) is 7.50. The first-order chi connectivity index (χ1) is 17.8. The number of aromatic nitrogens is 1. The van der Waals surface area contributed by atoms with Crippen molar-refractivity contribution in [3.8, 4) is 11.5 Å². The number of anilines is 1. The van der Waals surface area contributed by atoms with Crippen molar-refractivity contribution in [2.24, 2.45) is 0 Å². The van der Waals surface area contributed by atoms with E-state index in [1.807, 2.05) is 0 Å². The lowest BCUT2D eigenvalue weighted by molar-refractivity contribution is -0.127. The molecule has 192 valence electrons. The Bertz CT molecular complexity index is 1350. The number of pyridine rings is 1. The van der Waals surface area contributed by atoms with Gasteiger partial charge in [-0.2, -0.15) is 0 Å². The summed E-state index contributed by atoms with van der Waals surface area (Å²) in [4.78, 5) is 58.7. The van der Waals surface area contributed by atoms with Gasteiger partial charge in [-0.3, -0.25) is 24.6 Å². The van der Waals surface area contributed by atoms with Crippen molar-refractivity contribution in [3.05, 3.63) is 47.2 Å². The summed E-state index contributed by atoms with van der Waals surface area (Å²) in [7, 11) is 1.52. The number of hydrogen-bond donors (Lipinski definition) is 3. The zero-order valence-electron chi connectivity index (χ0n) is 20.0. The number of ether oxygens (including phenoxy) is 2. The first-order valence-electron chi connectivity index (χ1n) is 12.0. The number of nitrogens with one attached hydrogen (secondary N) is 2. The van der Waals surface area contributed by atoms with Crippen molar-refractivity contribution in [3.63, 3.8) is 0 Å². The van der Waals surface area contributed by atoms with E-state index in [-0.39, 0.29) is 44.0 Å². The number of urea groups is 1. The Kier molecular flexibility index (Phi) is 5.30. The third-order valence-corrected chi connectivity index (χ3v) is 7.50. The molecular formula is C25H25N5O7. The standard InChI is InChI=1S/C25H25N5O7/c1-36-15-4-2-13-10-29(22(33)16(13)8-15)12-25(23(34)27-24(35)28-25)19-9-17-18(37-19)5-6-20(26-17)30-14(11-31)3-7-21(30)32/h2,4-6,8,14,19,31H,3,7,9-12H2,1H3,(H2,27,28,34,35). The fourth-order valence-corrected chi connectivity index (χ4v) is 5.58. The summed E-state index contributed by atoms with van der Waals surface area (Å²) in [5.74, 6) is 0.386. The van der Waals surface area contributed by atoms with E-state index in [1.165, 1.54) is 16.9 Å². The highest BCUT2D eigenvalue weighted by atomic mass is 16.5. The van der Waals surface area contributed by atoms with E-state index in [1.54, 1.807) is 30.3 Å². The number of carbonyl (C=O) groups excluding carboxylic acids is 4. The molecule has 37 heavy (non-hydrogen) atoms. The van der Waals surface area contributed by atoms with E-state index in [9.17, 15) is 24.3 Å². The number of aliphatic hydroxyl groups is 1. The van der Waals surface area contributed by atoms with Crippen LogP contribution in [0.25, 0.3) is 0 Å². The van der Waals surface area contributed by atoms with Crippen LogP contribution >= 0.6 is 0 Å². The van der Waals surface area contributed by atoms with Crippen LogP contribution in [0, 0.1) is 0 Å². The van der Waals surface area contributed by atoms with Crippen molar-refractivity contribution in [2.75, 3.05) is 25.2 Å². The Morgan fingerprint density at radius 2 is 2.05 bits per heavy atom. The number of amides is 5. The van der Waals surface area contributed by atoms with Crippen LogP contribution in [-0.4, -0.2) is 76.7 Å². The lowest BCUT2D eigenvalue weighted by Gasteiger charge is -2.34. The highest BCUT2D eigenvalue weighted by Crippen LogP contribution is 2.38. The van der Waals surface area contributed by atoms with Crippen LogP contribution in [0.4, 0.5) is 10.6 Å². The van der Waals surface area contributed by atoms with Crippen molar-refractivity contribution in [2.45, 2.75) is 43.5 Å². The maximum absolute atomic E-state index is 13.2. The summed E-state index contributed by atoms with van der Waals surface area (Å²) in [6.07, 6.45) is 0.202. The molecule has 2 aromatic rings. The topological polar surface area (TPSA) is 150 Å². The number of imide groups is 1. The van der Waals surface area contributed by atoms with Crippen LogP contribution in [-0.2, 0) is 22.6 Å². The third kappa shape index (κ3) is 3.58. The van der Waals surface area contributed by atoms with E-state index in [4.69, 9.17) is 9.47 Å². The van der Waals surface area contributed by atoms with Crippen LogP contribution in [0.15, 0.2) is 30.3 Å². The maximum atomic E-state index is 13.2. The van der Waals surface area contributed by atoms with Crippen molar-refractivity contribution >= 4 is 29.6 Å². The van der Waals surface area contributed by atoms with Gasteiger partial charge in [0.1, 0.15) is 23.4 Å². The van der Waals surface area contributed by atoms with Crippen molar-refractivity contribution in [1.82, 2.24) is 20.5 Å². The molecule has 12 heteroatoms. The first-order valence-corrected chi connectivity index (χ1v) is 12.0. The molecular weight excluding hydrogens is 482 g/mol. The molecule has 0 bridgehead atoms. The lowest BCUT2D eigenvalue weighted by atomic mass is 9.89. The number of carbonyl (C=O) groups is 4. The molecule has 0 radical (unpaired) electrons. The molecule has 3 unspecified atom stereocenters. The van der Waals surface area contributed by atoms with Gasteiger partial charge in [-0.15, -0.1) is 0 Å². The number of aliphatic hydroxyl groups excluding tert-OH is 1. The van der Waals surface area contributed by atoms with Gasteiger partial charge in [0, 0.05) is 24.9 Å². The maximum Gasteiger partial charge on any atom is 0.322 e. The summed E-state index contributed by atoms with van der Waals surface area (Å²) >= 11 is 0. The minimum Gasteiger partial charge on any atom is -0.497 e. The zero-order chi connectivity index (χ0) is 25.9. The molecule has 12 nitrogen and oxygen atoms in total. The van der Waals surface area contributed by atoms with Gasteiger partial charge in [-0.25, -0.2) is 9.78 Å². The van der Waals surface area contributed by atoms with Gasteiger partial charge in [0.2, 0.25) is 5.91 Å². The predicted octanol–water partition coefficient (Wildman–Crippen LogP) is 0.116. The van der Waals surface area contributed by atoms with Gasteiger partial charge < -0.3 is 24.8 Å². The average molecular weight is 508 g/mol. The Balaban J connectivity index is 1.28. The minimum atomic E-state index is -1.54. The number of hydrogen-bond acceptors (Lipinski definition) is 8. The van der Waals surface area contributed by atoms with Crippen LogP contribution in [0.1, 0.15) is 34.5 Å². The summed E-state index contributed by atoms with van der Waals surface area (Å²) in [6.45, 7) is -0.00900. The second-order valence-corrected chi connectivity index (χ2v) is 9.63. The molecule has 0 aliphatic carbocycles. The SMILES string of the molecule is COc1ccc2c(c1)C(=O)N(CC1(C3Cc4nc(N5C(=O)CCC5CO)ccc4O3)NC(=O)NC1=O)C2. The van der Waals surface area contributed by atoms with Gasteiger partial charge in [-0.1, -0.05) is 6.07 Å². The summed E-state index contributed by atoms with van der Waals surface area (Å²) in [5, 5.41) is 14.7. The first kappa shape index (κ1) is 23.2. The fourth-order valence-electron chi connectivity index (χ4n) is 5.58. The number of methoxy groups -OCH3 is 1. The van der Waals surface area contributed by atoms with E-state index in [0.29, 0.717) is 41.4 Å². The van der Waals surface area contributed by atoms with Crippen molar-refractivity contribution < 1.29 is 33.8 Å². The second-order valence-electron chi connectivity index (χ2n) is 9.63. The molecule has 3 atom stereocenters. The molecule has 6 rings (SSSR count). The second kappa shape index (κ2) is 8.44.